The molecule has 10 heteroatoms. The van der Waals surface area contributed by atoms with E-state index in [9.17, 15) is 22.8 Å². The van der Waals surface area contributed by atoms with Gasteiger partial charge in [0, 0.05) is 49.1 Å². The lowest BCUT2D eigenvalue weighted by atomic mass is 10.0. The predicted molar refractivity (Wildman–Crippen MR) is 106 cm³/mol. The van der Waals surface area contributed by atoms with E-state index in [0.717, 1.165) is 12.3 Å². The lowest BCUT2D eigenvalue weighted by molar-refractivity contribution is -0.137. The Kier molecular flexibility index (Phi) is 6.30. The van der Waals surface area contributed by atoms with E-state index in [2.05, 4.69) is 15.3 Å². The second kappa shape index (κ2) is 8.59. The van der Waals surface area contributed by atoms with Gasteiger partial charge < -0.3 is 10.2 Å². The van der Waals surface area contributed by atoms with Crippen LogP contribution >= 0.6 is 11.6 Å². The number of hydrogen-bond acceptors (Lipinski definition) is 5. The maximum atomic E-state index is 12.7. The summed E-state index contributed by atoms with van der Waals surface area (Å²) < 4.78 is 38.2. The van der Waals surface area contributed by atoms with Gasteiger partial charge in [-0.1, -0.05) is 25.4 Å². The monoisotopic (exact) mass is 440 g/mol. The molecule has 0 radical (unpaired) electrons. The average molecular weight is 441 g/mol. The summed E-state index contributed by atoms with van der Waals surface area (Å²) in [6.07, 6.45) is -2.13. The highest BCUT2D eigenvalue weighted by Crippen LogP contribution is 2.34. The van der Waals surface area contributed by atoms with Crippen molar-refractivity contribution in [1.29, 1.82) is 0 Å². The maximum Gasteiger partial charge on any atom is 0.417 e. The molecule has 6 nitrogen and oxygen atoms in total. The molecule has 0 saturated carbocycles. The second-order valence-corrected chi connectivity index (χ2v) is 7.84. The first-order chi connectivity index (χ1) is 14.0. The largest absolute Gasteiger partial charge is 0.417 e. The van der Waals surface area contributed by atoms with Crippen LogP contribution in [0.1, 0.15) is 35.5 Å². The molecule has 0 spiro atoms. The second-order valence-electron chi connectivity index (χ2n) is 7.44. The Bertz CT molecular complexity index is 959. The predicted octanol–water partition coefficient (Wildman–Crippen LogP) is 3.54. The van der Waals surface area contributed by atoms with E-state index < -0.39 is 11.7 Å². The van der Waals surface area contributed by atoms with Crippen LogP contribution in [-0.4, -0.2) is 40.8 Å². The zero-order valence-corrected chi connectivity index (χ0v) is 17.1. The molecule has 1 aliphatic rings. The Morgan fingerprint density at radius 2 is 1.97 bits per heavy atom. The van der Waals surface area contributed by atoms with Crippen molar-refractivity contribution in [2.24, 2.45) is 5.92 Å². The highest BCUT2D eigenvalue weighted by atomic mass is 35.5. The number of nitrogens with zero attached hydrogens (tertiary/aromatic N) is 3. The molecule has 2 aromatic rings. The number of amides is 1. The van der Waals surface area contributed by atoms with Crippen LogP contribution in [-0.2, 0) is 17.4 Å². The molecule has 0 aliphatic carbocycles. The van der Waals surface area contributed by atoms with Crippen LogP contribution in [0.25, 0.3) is 0 Å². The van der Waals surface area contributed by atoms with Crippen LogP contribution in [0.2, 0.25) is 5.02 Å². The van der Waals surface area contributed by atoms with Gasteiger partial charge in [-0.15, -0.1) is 0 Å². The van der Waals surface area contributed by atoms with Crippen LogP contribution in [0.3, 0.4) is 0 Å². The molecule has 1 fully saturated rings. The van der Waals surface area contributed by atoms with Gasteiger partial charge in [0.15, 0.2) is 0 Å². The summed E-state index contributed by atoms with van der Waals surface area (Å²) in [5.41, 5.74) is 0.00378. The van der Waals surface area contributed by atoms with Crippen molar-refractivity contribution in [1.82, 2.24) is 15.3 Å². The molecule has 30 heavy (non-hydrogen) atoms. The minimum atomic E-state index is -4.51. The molecule has 0 atom stereocenters. The summed E-state index contributed by atoms with van der Waals surface area (Å²) in [4.78, 5) is 34.0. The Labute approximate surface area is 176 Å². The van der Waals surface area contributed by atoms with E-state index >= 15 is 0 Å². The highest BCUT2D eigenvalue weighted by Gasteiger charge is 2.34. The summed E-state index contributed by atoms with van der Waals surface area (Å²) in [7, 11) is 0. The number of anilines is 1. The van der Waals surface area contributed by atoms with Crippen molar-refractivity contribution < 1.29 is 22.8 Å². The summed E-state index contributed by atoms with van der Waals surface area (Å²) in [6.45, 7) is 4.35. The molecule has 0 aromatic carbocycles. The van der Waals surface area contributed by atoms with Gasteiger partial charge >= 0.3 is 6.18 Å². The minimum Gasteiger partial charge on any atom is -0.351 e. The summed E-state index contributed by atoms with van der Waals surface area (Å²) in [5.74, 6) is -0.146. The number of pyridine rings is 2. The van der Waals surface area contributed by atoms with E-state index in [0.29, 0.717) is 24.3 Å². The van der Waals surface area contributed by atoms with Gasteiger partial charge in [-0.3, -0.25) is 14.6 Å². The molecule has 1 amide bonds. The number of carbonyl (C=O) groups excluding carboxylic acids is 2. The number of rotatable bonds is 6. The lowest BCUT2D eigenvalue weighted by Crippen LogP contribution is -2.59. The van der Waals surface area contributed by atoms with Crippen LogP contribution < -0.4 is 10.2 Å². The van der Waals surface area contributed by atoms with Crippen LogP contribution in [0.5, 0.6) is 0 Å². The normalized spacial score (nSPS) is 14.6. The topological polar surface area (TPSA) is 75.2 Å². The Balaban J connectivity index is 1.57. The minimum absolute atomic E-state index is 0.0376. The molecular weight excluding hydrogens is 421 g/mol. The first-order valence-electron chi connectivity index (χ1n) is 9.30. The molecule has 1 saturated heterocycles. The number of halogens is 4. The van der Waals surface area contributed by atoms with E-state index in [1.165, 1.54) is 6.20 Å². The number of hydrogen-bond donors (Lipinski definition) is 1. The van der Waals surface area contributed by atoms with Gasteiger partial charge in [0.05, 0.1) is 16.6 Å². The number of ketones is 1. The molecule has 160 valence electrons. The van der Waals surface area contributed by atoms with Crippen molar-refractivity contribution in [3.05, 3.63) is 52.4 Å². The zero-order valence-electron chi connectivity index (χ0n) is 16.3. The third kappa shape index (κ3) is 5.08. The van der Waals surface area contributed by atoms with Crippen molar-refractivity contribution >= 4 is 29.1 Å². The number of nitrogens with one attached hydrogen (secondary N) is 1. The van der Waals surface area contributed by atoms with E-state index in [1.54, 1.807) is 30.9 Å². The van der Waals surface area contributed by atoms with E-state index in [4.69, 9.17) is 11.6 Å². The van der Waals surface area contributed by atoms with Gasteiger partial charge in [-0.05, 0) is 18.2 Å². The standard InChI is InChI=1S/C20H20ClF3N4O2/c1-11(2)17(29)7-14-5-12(3-4-25-14)19(30)27-15-9-28(10-15)18-16(21)6-13(8-26-18)20(22,23)24/h3-6,8,11,15H,7,9-10H2,1-2H3,(H,27,30). The number of aromatic nitrogens is 2. The van der Waals surface area contributed by atoms with E-state index in [-0.39, 0.29) is 40.9 Å². The van der Waals surface area contributed by atoms with Crippen LogP contribution in [0.4, 0.5) is 19.0 Å². The van der Waals surface area contributed by atoms with Gasteiger partial charge in [0.1, 0.15) is 11.6 Å². The highest BCUT2D eigenvalue weighted by molar-refractivity contribution is 6.33. The molecule has 3 rings (SSSR count). The maximum absolute atomic E-state index is 12.7. The lowest BCUT2D eigenvalue weighted by Gasteiger charge is -2.40. The third-order valence-electron chi connectivity index (χ3n) is 4.74. The zero-order chi connectivity index (χ0) is 22.1. The number of Topliss-reactive ketones (excluding diaryl/α,β-unsaturated/α-hetero) is 1. The van der Waals surface area contributed by atoms with Crippen molar-refractivity contribution in [3.63, 3.8) is 0 Å². The first-order valence-corrected chi connectivity index (χ1v) is 9.68. The number of carbonyl (C=O) groups is 2. The SMILES string of the molecule is CC(C)C(=O)Cc1cc(C(=O)NC2CN(c3ncc(C(F)(F)F)cc3Cl)C2)ccn1. The van der Waals surface area contributed by atoms with Gasteiger partial charge in [-0.25, -0.2) is 4.98 Å². The first kappa shape index (κ1) is 22.0. The van der Waals surface area contributed by atoms with Crippen LogP contribution in [0, 0.1) is 5.92 Å². The summed E-state index contributed by atoms with van der Waals surface area (Å²) >= 11 is 5.95. The van der Waals surface area contributed by atoms with E-state index in [1.807, 2.05) is 0 Å². The Hall–Kier alpha value is -2.68. The van der Waals surface area contributed by atoms with Crippen molar-refractivity contribution in [2.45, 2.75) is 32.5 Å². The molecule has 1 N–H and O–H groups in total. The fourth-order valence-corrected chi connectivity index (χ4v) is 3.21. The van der Waals surface area contributed by atoms with Crippen LogP contribution in [0.15, 0.2) is 30.6 Å². The fraction of sp³-hybridized carbons (Fsp3) is 0.400. The van der Waals surface area contributed by atoms with Gasteiger partial charge in [0.2, 0.25) is 0 Å². The molecule has 2 aromatic heterocycles. The molecule has 3 heterocycles. The molecular formula is C20H20ClF3N4O2. The molecule has 0 bridgehead atoms. The third-order valence-corrected chi connectivity index (χ3v) is 5.02. The number of alkyl halides is 3. The molecule has 0 unspecified atom stereocenters. The quantitative estimate of drug-likeness (QED) is 0.743. The summed E-state index contributed by atoms with van der Waals surface area (Å²) in [5, 5.41) is 2.75. The molecule has 1 aliphatic heterocycles. The smallest absolute Gasteiger partial charge is 0.351 e. The average Bonchev–Trinajstić information content (AvgIpc) is 2.64. The fourth-order valence-electron chi connectivity index (χ4n) is 2.93. The Morgan fingerprint density at radius 3 is 2.57 bits per heavy atom. The van der Waals surface area contributed by atoms with Gasteiger partial charge in [0.25, 0.3) is 5.91 Å². The summed E-state index contributed by atoms with van der Waals surface area (Å²) in [6, 6.07) is 3.78. The Morgan fingerprint density at radius 1 is 1.27 bits per heavy atom. The van der Waals surface area contributed by atoms with Crippen molar-refractivity contribution in [2.75, 3.05) is 18.0 Å². The van der Waals surface area contributed by atoms with Gasteiger partial charge in [-0.2, -0.15) is 13.2 Å². The van der Waals surface area contributed by atoms with Crippen molar-refractivity contribution in [3.8, 4) is 0 Å².